The van der Waals surface area contributed by atoms with Gasteiger partial charge in [-0.25, -0.2) is 0 Å². The van der Waals surface area contributed by atoms with Crippen molar-refractivity contribution in [3.05, 3.63) is 41.6 Å². The second kappa shape index (κ2) is 7.75. The second-order valence-electron chi connectivity index (χ2n) is 7.76. The molecule has 0 bridgehead atoms. The maximum absolute atomic E-state index is 4.89. The first-order valence-corrected chi connectivity index (χ1v) is 10.4. The number of rotatable bonds is 6. The summed E-state index contributed by atoms with van der Waals surface area (Å²) in [5, 5.41) is 12.1. The highest BCUT2D eigenvalue weighted by molar-refractivity contribution is 5.91. The molecule has 0 atom stereocenters. The molecular formula is C21H27N7. The molecule has 2 aliphatic heterocycles. The molecule has 0 spiro atoms. The van der Waals surface area contributed by atoms with Gasteiger partial charge in [0.25, 0.3) is 0 Å². The van der Waals surface area contributed by atoms with Gasteiger partial charge in [-0.15, -0.1) is 0 Å². The molecule has 0 aliphatic carbocycles. The predicted octanol–water partition coefficient (Wildman–Crippen LogP) is 2.81. The van der Waals surface area contributed by atoms with E-state index < -0.39 is 0 Å². The average Bonchev–Trinajstić information content (AvgIpc) is 3.16. The molecule has 0 amide bonds. The van der Waals surface area contributed by atoms with Crippen LogP contribution in [0.5, 0.6) is 0 Å². The molecule has 146 valence electrons. The lowest BCUT2D eigenvalue weighted by atomic mass is 10.1. The average molecular weight is 377 g/mol. The molecule has 4 heterocycles. The third kappa shape index (κ3) is 3.54. The Morgan fingerprint density at radius 3 is 2.71 bits per heavy atom. The summed E-state index contributed by atoms with van der Waals surface area (Å²) < 4.78 is 0. The van der Waals surface area contributed by atoms with Gasteiger partial charge in [0.05, 0.1) is 11.1 Å². The number of benzene rings is 1. The quantitative estimate of drug-likeness (QED) is 0.688. The van der Waals surface area contributed by atoms with Crippen molar-refractivity contribution >= 4 is 22.8 Å². The standard InChI is InChI=1S/C21H27N7/c1-3-7-16(8-4-1)15-28-13-9-17-18-19(26-25-17)23-21(24-20(18)28)22-10-14-27-11-5-2-6-12-27/h1,3-4,7-8H,2,5-6,9-15H2,(H2,22,23,24,25,26). The van der Waals surface area contributed by atoms with E-state index in [0.29, 0.717) is 5.95 Å². The Kier molecular flexibility index (Phi) is 4.83. The second-order valence-corrected chi connectivity index (χ2v) is 7.76. The number of aromatic amines is 1. The Bertz CT molecular complexity index is 931. The smallest absolute Gasteiger partial charge is 0.226 e. The number of nitrogens with zero attached hydrogens (tertiary/aromatic N) is 5. The van der Waals surface area contributed by atoms with E-state index in [2.05, 4.69) is 60.6 Å². The van der Waals surface area contributed by atoms with Gasteiger partial charge in [-0.2, -0.15) is 15.1 Å². The fraction of sp³-hybridized carbons (Fsp3) is 0.476. The van der Waals surface area contributed by atoms with E-state index in [-0.39, 0.29) is 0 Å². The van der Waals surface area contributed by atoms with Crippen LogP contribution in [0, 0.1) is 0 Å². The molecular weight excluding hydrogens is 350 g/mol. The molecule has 0 saturated carbocycles. The molecule has 0 radical (unpaired) electrons. The molecule has 7 heteroatoms. The highest BCUT2D eigenvalue weighted by Gasteiger charge is 2.24. The summed E-state index contributed by atoms with van der Waals surface area (Å²) in [6.07, 6.45) is 4.95. The highest BCUT2D eigenvalue weighted by Crippen LogP contribution is 2.32. The summed E-state index contributed by atoms with van der Waals surface area (Å²) in [4.78, 5) is 14.4. The zero-order chi connectivity index (χ0) is 18.8. The van der Waals surface area contributed by atoms with Crippen LogP contribution >= 0.6 is 0 Å². The number of likely N-dealkylation sites (tertiary alicyclic amines) is 1. The van der Waals surface area contributed by atoms with Crippen molar-refractivity contribution in [2.24, 2.45) is 0 Å². The number of piperidine rings is 1. The normalized spacial score (nSPS) is 17.2. The Balaban J connectivity index is 1.35. The predicted molar refractivity (Wildman–Crippen MR) is 112 cm³/mol. The third-order valence-corrected chi connectivity index (χ3v) is 5.78. The topological polar surface area (TPSA) is 73.0 Å². The molecule has 2 aliphatic rings. The van der Waals surface area contributed by atoms with Gasteiger partial charge in [-0.3, -0.25) is 5.10 Å². The van der Waals surface area contributed by atoms with Gasteiger partial charge in [-0.1, -0.05) is 36.8 Å². The SMILES string of the molecule is c1ccc(CN2CCc3[nH]nc4nc(NCCN5CCCCC5)nc2c34)cc1. The molecule has 28 heavy (non-hydrogen) atoms. The van der Waals surface area contributed by atoms with Crippen molar-refractivity contribution in [1.29, 1.82) is 0 Å². The number of hydrogen-bond donors (Lipinski definition) is 2. The maximum atomic E-state index is 4.89. The zero-order valence-corrected chi connectivity index (χ0v) is 16.2. The lowest BCUT2D eigenvalue weighted by molar-refractivity contribution is 0.237. The van der Waals surface area contributed by atoms with E-state index in [9.17, 15) is 0 Å². The number of aromatic nitrogens is 4. The minimum atomic E-state index is 0.678. The Morgan fingerprint density at radius 1 is 1.00 bits per heavy atom. The molecule has 2 aromatic heterocycles. The van der Waals surface area contributed by atoms with E-state index in [1.807, 2.05) is 0 Å². The van der Waals surface area contributed by atoms with Crippen molar-refractivity contribution in [1.82, 2.24) is 25.1 Å². The molecule has 3 aromatic rings. The molecule has 1 fully saturated rings. The number of H-pyrrole nitrogens is 1. The van der Waals surface area contributed by atoms with Crippen LogP contribution < -0.4 is 10.2 Å². The van der Waals surface area contributed by atoms with Crippen LogP contribution in [-0.2, 0) is 13.0 Å². The monoisotopic (exact) mass is 377 g/mol. The maximum Gasteiger partial charge on any atom is 0.226 e. The minimum absolute atomic E-state index is 0.678. The number of anilines is 2. The molecule has 7 nitrogen and oxygen atoms in total. The van der Waals surface area contributed by atoms with Gasteiger partial charge in [0.2, 0.25) is 5.95 Å². The molecule has 0 unspecified atom stereocenters. The molecule has 1 saturated heterocycles. The molecule has 5 rings (SSSR count). The van der Waals surface area contributed by atoms with Crippen LogP contribution in [0.25, 0.3) is 11.0 Å². The van der Waals surface area contributed by atoms with Gasteiger partial charge >= 0.3 is 0 Å². The third-order valence-electron chi connectivity index (χ3n) is 5.78. The van der Waals surface area contributed by atoms with Crippen LogP contribution in [0.15, 0.2) is 30.3 Å². The Labute approximate surface area is 165 Å². The van der Waals surface area contributed by atoms with Crippen molar-refractivity contribution in [2.75, 3.05) is 42.9 Å². The summed E-state index contributed by atoms with van der Waals surface area (Å²) in [6, 6.07) is 10.6. The van der Waals surface area contributed by atoms with E-state index >= 15 is 0 Å². The first-order valence-electron chi connectivity index (χ1n) is 10.4. The van der Waals surface area contributed by atoms with Gasteiger partial charge in [0.1, 0.15) is 5.82 Å². The zero-order valence-electron chi connectivity index (χ0n) is 16.2. The fourth-order valence-electron chi connectivity index (χ4n) is 4.27. The van der Waals surface area contributed by atoms with Crippen molar-refractivity contribution in [3.63, 3.8) is 0 Å². The molecule has 2 N–H and O–H groups in total. The van der Waals surface area contributed by atoms with E-state index in [0.717, 1.165) is 55.1 Å². The van der Waals surface area contributed by atoms with E-state index in [4.69, 9.17) is 4.98 Å². The summed E-state index contributed by atoms with van der Waals surface area (Å²) in [6.45, 7) is 6.10. The van der Waals surface area contributed by atoms with Gasteiger partial charge in [-0.05, 0) is 31.5 Å². The fourth-order valence-corrected chi connectivity index (χ4v) is 4.27. The lowest BCUT2D eigenvalue weighted by Gasteiger charge is -2.28. The Morgan fingerprint density at radius 2 is 1.86 bits per heavy atom. The summed E-state index contributed by atoms with van der Waals surface area (Å²) in [7, 11) is 0. The lowest BCUT2D eigenvalue weighted by Crippen LogP contribution is -2.34. The summed E-state index contributed by atoms with van der Waals surface area (Å²) in [5.41, 5.74) is 3.20. The first-order chi connectivity index (χ1) is 13.9. The van der Waals surface area contributed by atoms with Crippen LogP contribution in [-0.4, -0.2) is 57.8 Å². The summed E-state index contributed by atoms with van der Waals surface area (Å²) in [5.74, 6) is 1.67. The van der Waals surface area contributed by atoms with Crippen molar-refractivity contribution in [2.45, 2.75) is 32.2 Å². The van der Waals surface area contributed by atoms with E-state index in [1.54, 1.807) is 0 Å². The summed E-state index contributed by atoms with van der Waals surface area (Å²) >= 11 is 0. The molecule has 1 aromatic carbocycles. The van der Waals surface area contributed by atoms with Crippen LogP contribution in [0.1, 0.15) is 30.5 Å². The van der Waals surface area contributed by atoms with Gasteiger partial charge < -0.3 is 15.1 Å². The number of hydrogen-bond acceptors (Lipinski definition) is 6. The van der Waals surface area contributed by atoms with Crippen LogP contribution in [0.2, 0.25) is 0 Å². The van der Waals surface area contributed by atoms with E-state index in [1.165, 1.54) is 37.9 Å². The minimum Gasteiger partial charge on any atom is -0.353 e. The van der Waals surface area contributed by atoms with Gasteiger partial charge in [0.15, 0.2) is 5.65 Å². The number of nitrogens with one attached hydrogen (secondary N) is 2. The van der Waals surface area contributed by atoms with Crippen molar-refractivity contribution in [3.8, 4) is 0 Å². The largest absolute Gasteiger partial charge is 0.353 e. The highest BCUT2D eigenvalue weighted by atomic mass is 15.3. The van der Waals surface area contributed by atoms with Gasteiger partial charge in [0, 0.05) is 32.6 Å². The van der Waals surface area contributed by atoms with Crippen LogP contribution in [0.3, 0.4) is 0 Å². The Hall–Kier alpha value is -2.67. The van der Waals surface area contributed by atoms with Crippen molar-refractivity contribution < 1.29 is 0 Å². The van der Waals surface area contributed by atoms with Crippen LogP contribution in [0.4, 0.5) is 11.8 Å². The first kappa shape index (κ1) is 17.4.